The summed E-state index contributed by atoms with van der Waals surface area (Å²) in [6.07, 6.45) is 2.05. The molecule has 2 aromatic rings. The van der Waals surface area contributed by atoms with Gasteiger partial charge in [0.05, 0.1) is 31.0 Å². The molecule has 164 valence electrons. The van der Waals surface area contributed by atoms with Crippen molar-refractivity contribution in [1.29, 1.82) is 0 Å². The van der Waals surface area contributed by atoms with Crippen LogP contribution in [0.3, 0.4) is 0 Å². The second-order valence-corrected chi connectivity index (χ2v) is 7.71. The number of nitrogens with one attached hydrogen (secondary N) is 1. The first-order valence-electron chi connectivity index (χ1n) is 9.72. The highest BCUT2D eigenvalue weighted by molar-refractivity contribution is 7.98. The van der Waals surface area contributed by atoms with Gasteiger partial charge in [-0.05, 0) is 36.6 Å². The summed E-state index contributed by atoms with van der Waals surface area (Å²) in [4.78, 5) is 41.8. The van der Waals surface area contributed by atoms with Gasteiger partial charge >= 0.3 is 18.0 Å². The molecule has 1 aliphatic rings. The number of para-hydroxylation sites is 1. The molecule has 0 aromatic heterocycles. The lowest BCUT2D eigenvalue weighted by Crippen LogP contribution is -2.50. The Labute approximate surface area is 185 Å². The lowest BCUT2D eigenvalue weighted by molar-refractivity contribution is 0.0599. The number of esters is 2. The normalized spacial score (nSPS) is 13.5. The van der Waals surface area contributed by atoms with E-state index in [2.05, 4.69) is 22.3 Å². The number of nitrogens with zero attached hydrogens (tertiary/aromatic N) is 2. The number of carbonyl (C=O) groups excluding carboxylic acids is 3. The number of amides is 2. The fourth-order valence-corrected chi connectivity index (χ4v) is 4.04. The Morgan fingerprint density at radius 2 is 1.48 bits per heavy atom. The van der Waals surface area contributed by atoms with E-state index in [1.807, 2.05) is 18.4 Å². The Bertz CT molecular complexity index is 939. The first kappa shape index (κ1) is 22.5. The third-order valence-corrected chi connectivity index (χ3v) is 5.80. The van der Waals surface area contributed by atoms with E-state index in [4.69, 9.17) is 9.47 Å². The van der Waals surface area contributed by atoms with E-state index >= 15 is 0 Å². The van der Waals surface area contributed by atoms with E-state index in [1.165, 1.54) is 43.0 Å². The van der Waals surface area contributed by atoms with Gasteiger partial charge in [-0.3, -0.25) is 0 Å². The van der Waals surface area contributed by atoms with Crippen molar-refractivity contribution in [3.05, 3.63) is 53.6 Å². The van der Waals surface area contributed by atoms with Crippen molar-refractivity contribution >= 4 is 41.1 Å². The summed E-state index contributed by atoms with van der Waals surface area (Å²) in [7, 11) is 2.50. The summed E-state index contributed by atoms with van der Waals surface area (Å²) in [5.41, 5.74) is 1.80. The second kappa shape index (κ2) is 10.2. The summed E-state index contributed by atoms with van der Waals surface area (Å²) in [5, 5.41) is 2.78. The van der Waals surface area contributed by atoms with E-state index in [1.54, 1.807) is 16.7 Å². The van der Waals surface area contributed by atoms with Gasteiger partial charge < -0.3 is 24.6 Å². The number of benzene rings is 2. The second-order valence-electron chi connectivity index (χ2n) is 6.86. The van der Waals surface area contributed by atoms with Crippen LogP contribution in [-0.4, -0.2) is 69.5 Å². The van der Waals surface area contributed by atoms with Crippen LogP contribution >= 0.6 is 11.8 Å². The Kier molecular flexibility index (Phi) is 7.41. The first-order chi connectivity index (χ1) is 15.0. The lowest BCUT2D eigenvalue weighted by atomic mass is 10.1. The van der Waals surface area contributed by atoms with Crippen LogP contribution in [0.2, 0.25) is 0 Å². The third-order valence-electron chi connectivity index (χ3n) is 5.02. The number of thioether (sulfide) groups is 1. The van der Waals surface area contributed by atoms with Gasteiger partial charge in [-0.15, -0.1) is 11.8 Å². The number of carbonyl (C=O) groups is 3. The van der Waals surface area contributed by atoms with E-state index in [0.717, 1.165) is 0 Å². The molecule has 31 heavy (non-hydrogen) atoms. The molecule has 3 rings (SSSR count). The zero-order chi connectivity index (χ0) is 22.4. The van der Waals surface area contributed by atoms with E-state index in [0.29, 0.717) is 31.9 Å². The predicted molar refractivity (Wildman–Crippen MR) is 120 cm³/mol. The Balaban J connectivity index is 1.69. The summed E-state index contributed by atoms with van der Waals surface area (Å²) in [5.74, 6) is -1.22. The SMILES string of the molecule is COC(=O)c1cc(NC(=O)N2CCN(c3ccccc3SC)CC2)cc(C(=O)OC)c1. The molecule has 2 aromatic carbocycles. The minimum Gasteiger partial charge on any atom is -0.465 e. The molecule has 0 atom stereocenters. The van der Waals surface area contributed by atoms with Crippen molar-refractivity contribution in [2.75, 3.05) is 56.9 Å². The summed E-state index contributed by atoms with van der Waals surface area (Å²) >= 11 is 1.70. The molecular weight excluding hydrogens is 418 g/mol. The maximum Gasteiger partial charge on any atom is 0.337 e. The van der Waals surface area contributed by atoms with Crippen LogP contribution < -0.4 is 10.2 Å². The Hall–Kier alpha value is -3.20. The van der Waals surface area contributed by atoms with Gasteiger partial charge in [-0.25, -0.2) is 14.4 Å². The van der Waals surface area contributed by atoms with Gasteiger partial charge in [0, 0.05) is 36.8 Å². The van der Waals surface area contributed by atoms with Crippen LogP contribution in [-0.2, 0) is 9.47 Å². The van der Waals surface area contributed by atoms with Gasteiger partial charge in [0.1, 0.15) is 0 Å². The van der Waals surface area contributed by atoms with Gasteiger partial charge in [-0.2, -0.15) is 0 Å². The van der Waals surface area contributed by atoms with E-state index in [-0.39, 0.29) is 17.2 Å². The first-order valence-corrected chi connectivity index (χ1v) is 10.9. The average molecular weight is 444 g/mol. The van der Waals surface area contributed by atoms with Crippen LogP contribution in [0.25, 0.3) is 0 Å². The van der Waals surface area contributed by atoms with Crippen molar-refractivity contribution in [3.63, 3.8) is 0 Å². The molecule has 0 radical (unpaired) electrons. The van der Waals surface area contributed by atoms with Crippen molar-refractivity contribution in [3.8, 4) is 0 Å². The number of hydrogen-bond donors (Lipinski definition) is 1. The topological polar surface area (TPSA) is 88.2 Å². The van der Waals surface area contributed by atoms with Gasteiger partial charge in [-0.1, -0.05) is 12.1 Å². The molecule has 1 saturated heterocycles. The lowest BCUT2D eigenvalue weighted by Gasteiger charge is -2.36. The molecule has 1 heterocycles. The number of anilines is 2. The number of ether oxygens (including phenoxy) is 2. The van der Waals surface area contributed by atoms with Crippen molar-refractivity contribution in [1.82, 2.24) is 4.90 Å². The standard InChI is InChI=1S/C22H25N3O5S/c1-29-20(26)15-12-16(21(27)30-2)14-17(13-15)23-22(28)25-10-8-24(9-11-25)18-6-4-5-7-19(18)31-3/h4-7,12-14H,8-11H2,1-3H3,(H,23,28). The Morgan fingerprint density at radius 1 is 0.903 bits per heavy atom. The minimum atomic E-state index is -0.609. The Morgan fingerprint density at radius 3 is 2.03 bits per heavy atom. The number of piperazine rings is 1. The predicted octanol–water partition coefficient (Wildman–Crippen LogP) is 3.34. The highest BCUT2D eigenvalue weighted by atomic mass is 32.2. The molecule has 1 N–H and O–H groups in total. The summed E-state index contributed by atoms with van der Waals surface area (Å²) < 4.78 is 9.46. The molecule has 0 bridgehead atoms. The summed E-state index contributed by atoms with van der Waals surface area (Å²) in [6.45, 7) is 2.52. The maximum absolute atomic E-state index is 12.8. The minimum absolute atomic E-state index is 0.152. The highest BCUT2D eigenvalue weighted by Crippen LogP contribution is 2.29. The number of methoxy groups -OCH3 is 2. The molecule has 0 unspecified atom stereocenters. The van der Waals surface area contributed by atoms with Gasteiger partial charge in [0.15, 0.2) is 0 Å². The molecule has 1 aliphatic heterocycles. The number of urea groups is 1. The zero-order valence-corrected chi connectivity index (χ0v) is 18.5. The fourth-order valence-electron chi connectivity index (χ4n) is 3.42. The molecule has 1 fully saturated rings. The van der Waals surface area contributed by atoms with Crippen LogP contribution in [0, 0.1) is 0 Å². The van der Waals surface area contributed by atoms with Crippen LogP contribution in [0.4, 0.5) is 16.2 Å². The van der Waals surface area contributed by atoms with E-state index < -0.39 is 11.9 Å². The molecule has 0 aliphatic carbocycles. The molecule has 2 amide bonds. The highest BCUT2D eigenvalue weighted by Gasteiger charge is 2.23. The third kappa shape index (κ3) is 5.29. The number of rotatable bonds is 5. The smallest absolute Gasteiger partial charge is 0.337 e. The molecule has 8 nitrogen and oxygen atoms in total. The largest absolute Gasteiger partial charge is 0.465 e. The van der Waals surface area contributed by atoms with Crippen molar-refractivity contribution in [2.24, 2.45) is 0 Å². The molecule has 0 saturated carbocycles. The summed E-state index contributed by atoms with van der Waals surface area (Å²) in [6, 6.07) is 12.2. The van der Waals surface area contributed by atoms with Gasteiger partial charge in [0.25, 0.3) is 0 Å². The monoisotopic (exact) mass is 443 g/mol. The van der Waals surface area contributed by atoms with Crippen LogP contribution in [0.1, 0.15) is 20.7 Å². The fraction of sp³-hybridized carbons (Fsp3) is 0.318. The van der Waals surface area contributed by atoms with Crippen molar-refractivity contribution in [2.45, 2.75) is 4.90 Å². The molecule has 0 spiro atoms. The van der Waals surface area contributed by atoms with Crippen LogP contribution in [0.5, 0.6) is 0 Å². The van der Waals surface area contributed by atoms with Gasteiger partial charge in [0.2, 0.25) is 0 Å². The molecular formula is C22H25N3O5S. The van der Waals surface area contributed by atoms with E-state index in [9.17, 15) is 14.4 Å². The number of hydrogen-bond acceptors (Lipinski definition) is 7. The average Bonchev–Trinajstić information content (AvgIpc) is 2.82. The molecule has 9 heteroatoms. The van der Waals surface area contributed by atoms with Crippen molar-refractivity contribution < 1.29 is 23.9 Å². The maximum atomic E-state index is 12.8. The van der Waals surface area contributed by atoms with Crippen LogP contribution in [0.15, 0.2) is 47.4 Å². The zero-order valence-electron chi connectivity index (χ0n) is 17.7. The quantitative estimate of drug-likeness (QED) is 0.560.